The van der Waals surface area contributed by atoms with E-state index in [1.54, 1.807) is 0 Å². The van der Waals surface area contributed by atoms with Crippen molar-refractivity contribution in [3.8, 4) is 5.75 Å². The molecule has 2 saturated carbocycles. The predicted molar refractivity (Wildman–Crippen MR) is 79.5 cm³/mol. The van der Waals surface area contributed by atoms with Gasteiger partial charge in [-0.3, -0.25) is 0 Å². The van der Waals surface area contributed by atoms with E-state index >= 15 is 0 Å². The minimum Gasteiger partial charge on any atom is -0.508 e. The van der Waals surface area contributed by atoms with Gasteiger partial charge in [0.2, 0.25) is 0 Å². The van der Waals surface area contributed by atoms with Crippen LogP contribution in [0.2, 0.25) is 0 Å². The highest BCUT2D eigenvalue weighted by atomic mass is 19.1. The van der Waals surface area contributed by atoms with E-state index in [0.717, 1.165) is 25.8 Å². The topological polar surface area (TPSA) is 43.7 Å². The molecule has 4 heteroatoms. The van der Waals surface area contributed by atoms with Crippen molar-refractivity contribution in [2.24, 2.45) is 17.8 Å². The maximum absolute atomic E-state index is 14.3. The zero-order valence-electron chi connectivity index (χ0n) is 12.7. The highest BCUT2D eigenvalue weighted by Gasteiger charge is 2.52. The van der Waals surface area contributed by atoms with Crippen LogP contribution in [0.5, 0.6) is 5.75 Å². The third kappa shape index (κ3) is 2.55. The number of nitrogens with zero attached hydrogens (tertiary/aromatic N) is 1. The molecule has 2 aliphatic rings. The highest BCUT2D eigenvalue weighted by Crippen LogP contribution is 2.54. The van der Waals surface area contributed by atoms with Gasteiger partial charge in [0, 0.05) is 18.0 Å². The fraction of sp³-hybridized carbons (Fsp3) is 0.647. The van der Waals surface area contributed by atoms with Crippen LogP contribution < -0.4 is 0 Å². The van der Waals surface area contributed by atoms with E-state index in [0.29, 0.717) is 18.3 Å². The molecule has 4 atom stereocenters. The molecule has 2 unspecified atom stereocenters. The largest absolute Gasteiger partial charge is 0.508 e. The normalized spacial score (nSPS) is 35.4. The maximum atomic E-state index is 14.3. The molecule has 116 valence electrons. The van der Waals surface area contributed by atoms with E-state index in [2.05, 4.69) is 4.90 Å². The van der Waals surface area contributed by atoms with Crippen molar-refractivity contribution in [2.45, 2.75) is 31.3 Å². The molecule has 0 amide bonds. The molecular weight excluding hydrogens is 269 g/mol. The Labute approximate surface area is 125 Å². The number of hydrogen-bond acceptors (Lipinski definition) is 3. The Morgan fingerprint density at radius 1 is 1.33 bits per heavy atom. The molecule has 0 radical (unpaired) electrons. The van der Waals surface area contributed by atoms with Crippen LogP contribution in [0, 0.1) is 23.6 Å². The molecule has 0 aliphatic heterocycles. The number of phenolic OH excluding ortho intramolecular Hbond substituents is 1. The van der Waals surface area contributed by atoms with Crippen molar-refractivity contribution in [3.63, 3.8) is 0 Å². The molecule has 2 fully saturated rings. The number of phenols is 1. The van der Waals surface area contributed by atoms with Gasteiger partial charge < -0.3 is 15.1 Å². The molecule has 1 aromatic carbocycles. The molecule has 2 aliphatic carbocycles. The van der Waals surface area contributed by atoms with Crippen molar-refractivity contribution in [3.05, 3.63) is 29.6 Å². The van der Waals surface area contributed by atoms with Crippen LogP contribution in [0.1, 0.15) is 31.2 Å². The first-order valence-corrected chi connectivity index (χ1v) is 7.76. The number of rotatable bonds is 3. The van der Waals surface area contributed by atoms with Crippen molar-refractivity contribution >= 4 is 0 Å². The van der Waals surface area contributed by atoms with Gasteiger partial charge in [-0.25, -0.2) is 4.39 Å². The van der Waals surface area contributed by atoms with Gasteiger partial charge in [0.15, 0.2) is 0 Å². The third-order valence-corrected chi connectivity index (χ3v) is 5.34. The van der Waals surface area contributed by atoms with Gasteiger partial charge in [-0.15, -0.1) is 0 Å². The zero-order chi connectivity index (χ0) is 15.2. The van der Waals surface area contributed by atoms with Crippen LogP contribution in [0.3, 0.4) is 0 Å². The Morgan fingerprint density at radius 2 is 2.10 bits per heavy atom. The Hall–Kier alpha value is -1.13. The molecule has 0 aromatic heterocycles. The van der Waals surface area contributed by atoms with Crippen molar-refractivity contribution in [1.82, 2.24) is 4.90 Å². The summed E-state index contributed by atoms with van der Waals surface area (Å²) in [6.45, 7) is 0.739. The first-order valence-electron chi connectivity index (χ1n) is 7.76. The van der Waals surface area contributed by atoms with Gasteiger partial charge in [-0.2, -0.15) is 0 Å². The summed E-state index contributed by atoms with van der Waals surface area (Å²) < 4.78 is 14.3. The molecule has 3 rings (SSSR count). The minimum absolute atomic E-state index is 0.0151. The zero-order valence-corrected chi connectivity index (χ0v) is 12.7. The second-order valence-corrected chi connectivity index (χ2v) is 7.10. The minimum atomic E-state index is -1.17. The number of benzene rings is 1. The van der Waals surface area contributed by atoms with Gasteiger partial charge in [-0.05, 0) is 63.4 Å². The van der Waals surface area contributed by atoms with E-state index in [1.807, 2.05) is 14.1 Å². The van der Waals surface area contributed by atoms with Gasteiger partial charge >= 0.3 is 0 Å². The van der Waals surface area contributed by atoms with Crippen molar-refractivity contribution in [1.29, 1.82) is 0 Å². The fourth-order valence-corrected chi connectivity index (χ4v) is 4.49. The fourth-order valence-electron chi connectivity index (χ4n) is 4.49. The number of aliphatic hydroxyl groups is 1. The quantitative estimate of drug-likeness (QED) is 0.900. The molecule has 3 nitrogen and oxygen atoms in total. The summed E-state index contributed by atoms with van der Waals surface area (Å²) in [5, 5.41) is 21.1. The lowest BCUT2D eigenvalue weighted by Crippen LogP contribution is -2.47. The Balaban J connectivity index is 2.04. The van der Waals surface area contributed by atoms with Crippen LogP contribution in [-0.4, -0.2) is 35.8 Å². The van der Waals surface area contributed by atoms with E-state index in [9.17, 15) is 14.6 Å². The molecular formula is C17H24FNO2. The Bertz CT molecular complexity index is 534. The lowest BCUT2D eigenvalue weighted by Gasteiger charge is -2.45. The second kappa shape index (κ2) is 5.25. The summed E-state index contributed by atoms with van der Waals surface area (Å²) in [7, 11) is 3.97. The summed E-state index contributed by atoms with van der Waals surface area (Å²) >= 11 is 0. The Kier molecular flexibility index (Phi) is 3.70. The molecule has 0 heterocycles. The third-order valence-electron chi connectivity index (χ3n) is 5.34. The molecule has 1 aromatic rings. The van der Waals surface area contributed by atoms with Crippen molar-refractivity contribution < 1.29 is 14.6 Å². The van der Waals surface area contributed by atoms with Crippen LogP contribution >= 0.6 is 0 Å². The number of halogens is 1. The lowest BCUT2D eigenvalue weighted by molar-refractivity contribution is -0.0913. The number of fused-ring (bicyclic) bond motifs is 2. The van der Waals surface area contributed by atoms with E-state index in [-0.39, 0.29) is 17.2 Å². The average Bonchev–Trinajstić information content (AvgIpc) is 2.81. The maximum Gasteiger partial charge on any atom is 0.129 e. The standard InChI is InChI=1S/C17H24FNO2/c1-19(2)10-15-12-4-3-11(7-12)9-17(15,21)14-8-13(20)5-6-16(14)18/h5-6,8,11-12,15,20-21H,3-4,7,9-10H2,1-2H3/t11?,12?,15-,17-/m0/s1. The Morgan fingerprint density at radius 3 is 2.81 bits per heavy atom. The van der Waals surface area contributed by atoms with Gasteiger partial charge in [-0.1, -0.05) is 6.42 Å². The summed E-state index contributed by atoms with van der Waals surface area (Å²) in [6, 6.07) is 4.00. The molecule has 21 heavy (non-hydrogen) atoms. The molecule has 0 saturated heterocycles. The lowest BCUT2D eigenvalue weighted by atomic mass is 9.65. The molecule has 0 spiro atoms. The van der Waals surface area contributed by atoms with Crippen LogP contribution in [0.25, 0.3) is 0 Å². The van der Waals surface area contributed by atoms with Gasteiger partial charge in [0.1, 0.15) is 11.6 Å². The van der Waals surface area contributed by atoms with Gasteiger partial charge in [0.05, 0.1) is 5.60 Å². The summed E-state index contributed by atoms with van der Waals surface area (Å²) in [5.74, 6) is 0.530. The van der Waals surface area contributed by atoms with Crippen LogP contribution in [0.15, 0.2) is 18.2 Å². The van der Waals surface area contributed by atoms with Crippen LogP contribution in [-0.2, 0) is 5.60 Å². The van der Waals surface area contributed by atoms with E-state index in [1.165, 1.54) is 18.2 Å². The second-order valence-electron chi connectivity index (χ2n) is 7.10. The number of hydrogen-bond donors (Lipinski definition) is 2. The SMILES string of the molecule is CN(C)C[C@H]1C2CCC(C2)C[C@]1(O)c1cc(O)ccc1F. The highest BCUT2D eigenvalue weighted by molar-refractivity contribution is 5.34. The first kappa shape index (κ1) is 14.8. The monoisotopic (exact) mass is 293 g/mol. The van der Waals surface area contributed by atoms with E-state index in [4.69, 9.17) is 0 Å². The summed E-state index contributed by atoms with van der Waals surface area (Å²) in [4.78, 5) is 2.06. The van der Waals surface area contributed by atoms with Crippen LogP contribution in [0.4, 0.5) is 4.39 Å². The molecule has 2 N–H and O–H groups in total. The van der Waals surface area contributed by atoms with Crippen molar-refractivity contribution in [2.75, 3.05) is 20.6 Å². The first-order chi connectivity index (χ1) is 9.90. The summed E-state index contributed by atoms with van der Waals surface area (Å²) in [6.07, 6.45) is 3.98. The smallest absolute Gasteiger partial charge is 0.129 e. The number of aromatic hydroxyl groups is 1. The molecule has 2 bridgehead atoms. The summed E-state index contributed by atoms with van der Waals surface area (Å²) in [5.41, 5.74) is -0.900. The van der Waals surface area contributed by atoms with Gasteiger partial charge in [0.25, 0.3) is 0 Å². The predicted octanol–water partition coefficient (Wildman–Crippen LogP) is 2.72. The van der Waals surface area contributed by atoms with E-state index < -0.39 is 11.4 Å². The average molecular weight is 293 g/mol.